The van der Waals surface area contributed by atoms with Gasteiger partial charge in [0, 0.05) is 0 Å². The largest absolute Gasteiger partial charge is 0.0961 e. The van der Waals surface area contributed by atoms with E-state index < -0.39 is 0 Å². The molecular formula is C19H34. The van der Waals surface area contributed by atoms with E-state index in [0.29, 0.717) is 5.92 Å². The molecule has 0 rings (SSSR count). The van der Waals surface area contributed by atoms with E-state index in [0.717, 1.165) is 17.4 Å². The van der Waals surface area contributed by atoms with E-state index in [-0.39, 0.29) is 0 Å². The molecule has 0 radical (unpaired) electrons. The van der Waals surface area contributed by atoms with Crippen molar-refractivity contribution in [1.82, 2.24) is 0 Å². The lowest BCUT2D eigenvalue weighted by Crippen LogP contribution is -2.10. The van der Waals surface area contributed by atoms with Gasteiger partial charge in [-0.15, -0.1) is 0 Å². The van der Waals surface area contributed by atoms with Crippen molar-refractivity contribution >= 4 is 0 Å². The van der Waals surface area contributed by atoms with Gasteiger partial charge < -0.3 is 0 Å². The van der Waals surface area contributed by atoms with Crippen molar-refractivity contribution in [3.05, 3.63) is 36.5 Å². The second kappa shape index (κ2) is 10.1. The Kier molecular flexibility index (Phi) is 9.65. The van der Waals surface area contributed by atoms with Crippen LogP contribution in [0.2, 0.25) is 0 Å². The normalized spacial score (nSPS) is 16.3. The van der Waals surface area contributed by atoms with Crippen LogP contribution < -0.4 is 0 Å². The maximum Gasteiger partial charge on any atom is -0.0196 e. The summed E-state index contributed by atoms with van der Waals surface area (Å²) in [5, 5.41) is 0. The number of unbranched alkanes of at least 4 members (excludes halogenated alkanes) is 1. The van der Waals surface area contributed by atoms with Gasteiger partial charge in [-0.1, -0.05) is 83.4 Å². The SMILES string of the molecule is C=C(C)/C=C\C(=C)C(C)CCC(C)C(C)CCCC. The summed E-state index contributed by atoms with van der Waals surface area (Å²) in [5.74, 6) is 2.26. The van der Waals surface area contributed by atoms with Crippen LogP contribution in [0.4, 0.5) is 0 Å². The van der Waals surface area contributed by atoms with Gasteiger partial charge in [0.15, 0.2) is 0 Å². The van der Waals surface area contributed by atoms with Crippen molar-refractivity contribution in [3.63, 3.8) is 0 Å². The van der Waals surface area contributed by atoms with Crippen molar-refractivity contribution < 1.29 is 0 Å². The molecule has 0 N–H and O–H groups in total. The Morgan fingerprint density at radius 3 is 2.05 bits per heavy atom. The molecule has 3 atom stereocenters. The number of hydrogen-bond acceptors (Lipinski definition) is 0. The van der Waals surface area contributed by atoms with Crippen LogP contribution in [-0.2, 0) is 0 Å². The Balaban J connectivity index is 4.03. The predicted molar refractivity (Wildman–Crippen MR) is 89.3 cm³/mol. The third-order valence-corrected chi connectivity index (χ3v) is 4.25. The molecule has 0 amide bonds. The van der Waals surface area contributed by atoms with Crippen molar-refractivity contribution in [2.24, 2.45) is 17.8 Å². The summed E-state index contributed by atoms with van der Waals surface area (Å²) in [6.45, 7) is 19.4. The third-order valence-electron chi connectivity index (χ3n) is 4.25. The molecule has 0 saturated carbocycles. The van der Waals surface area contributed by atoms with Gasteiger partial charge in [0.05, 0.1) is 0 Å². The molecule has 0 aromatic carbocycles. The van der Waals surface area contributed by atoms with Crippen LogP contribution in [0.25, 0.3) is 0 Å². The maximum absolute atomic E-state index is 4.17. The molecule has 0 aliphatic rings. The van der Waals surface area contributed by atoms with Crippen LogP contribution >= 0.6 is 0 Å². The minimum atomic E-state index is 0.580. The lowest BCUT2D eigenvalue weighted by atomic mass is 9.84. The second-order valence-electron chi connectivity index (χ2n) is 6.33. The molecule has 0 fully saturated rings. The first-order valence-corrected chi connectivity index (χ1v) is 7.90. The fourth-order valence-corrected chi connectivity index (χ4v) is 2.21. The molecule has 0 aromatic rings. The van der Waals surface area contributed by atoms with Crippen LogP contribution in [0.1, 0.15) is 66.7 Å². The highest BCUT2D eigenvalue weighted by Gasteiger charge is 2.13. The van der Waals surface area contributed by atoms with Gasteiger partial charge >= 0.3 is 0 Å². The molecule has 0 aliphatic carbocycles. The second-order valence-corrected chi connectivity index (χ2v) is 6.33. The maximum atomic E-state index is 4.17. The van der Waals surface area contributed by atoms with Crippen molar-refractivity contribution in [3.8, 4) is 0 Å². The van der Waals surface area contributed by atoms with Crippen molar-refractivity contribution in [2.45, 2.75) is 66.7 Å². The topological polar surface area (TPSA) is 0 Å². The van der Waals surface area contributed by atoms with Gasteiger partial charge in [-0.3, -0.25) is 0 Å². The smallest absolute Gasteiger partial charge is 0.0196 e. The van der Waals surface area contributed by atoms with E-state index in [1.807, 2.05) is 6.92 Å². The minimum Gasteiger partial charge on any atom is -0.0961 e. The third kappa shape index (κ3) is 8.86. The summed E-state index contributed by atoms with van der Waals surface area (Å²) in [4.78, 5) is 0. The summed E-state index contributed by atoms with van der Waals surface area (Å²) in [7, 11) is 0. The first-order chi connectivity index (χ1) is 8.88. The fraction of sp³-hybridized carbons (Fsp3) is 0.684. The molecule has 0 spiro atoms. The van der Waals surface area contributed by atoms with Gasteiger partial charge in [-0.2, -0.15) is 0 Å². The average molecular weight is 262 g/mol. The highest BCUT2D eigenvalue weighted by atomic mass is 14.2. The monoisotopic (exact) mass is 262 g/mol. The van der Waals surface area contributed by atoms with Gasteiger partial charge in [0.25, 0.3) is 0 Å². The molecule has 0 heterocycles. The molecule has 0 bridgehead atoms. The van der Waals surface area contributed by atoms with Crippen LogP contribution in [-0.4, -0.2) is 0 Å². The standard InChI is InChI=1S/C19H34/c1-8-9-10-16(4)18(6)13-14-19(7)17(5)12-11-15(2)3/h11-12,16,18-19H,2,5,8-10,13-14H2,1,3-4,6-7H3/b12-11-. The Hall–Kier alpha value is -0.780. The average Bonchev–Trinajstić information content (AvgIpc) is 2.38. The molecule has 0 heteroatoms. The molecule has 0 aromatic heterocycles. The van der Waals surface area contributed by atoms with Crippen molar-refractivity contribution in [2.75, 3.05) is 0 Å². The lowest BCUT2D eigenvalue weighted by molar-refractivity contribution is 0.318. The predicted octanol–water partition coefficient (Wildman–Crippen LogP) is 6.55. The number of hydrogen-bond donors (Lipinski definition) is 0. The van der Waals surface area contributed by atoms with Gasteiger partial charge in [0.2, 0.25) is 0 Å². The zero-order valence-corrected chi connectivity index (χ0v) is 13.8. The molecule has 3 unspecified atom stereocenters. The van der Waals surface area contributed by atoms with Crippen LogP contribution in [0.5, 0.6) is 0 Å². The fourth-order valence-electron chi connectivity index (χ4n) is 2.21. The Bertz CT molecular complexity index is 295. The highest BCUT2D eigenvalue weighted by Crippen LogP contribution is 2.26. The van der Waals surface area contributed by atoms with E-state index in [2.05, 4.69) is 53.0 Å². The van der Waals surface area contributed by atoms with E-state index >= 15 is 0 Å². The summed E-state index contributed by atoms with van der Waals surface area (Å²) >= 11 is 0. The molecule has 0 saturated heterocycles. The lowest BCUT2D eigenvalue weighted by Gasteiger charge is -2.21. The zero-order valence-electron chi connectivity index (χ0n) is 13.8. The number of rotatable bonds is 10. The van der Waals surface area contributed by atoms with Crippen molar-refractivity contribution in [1.29, 1.82) is 0 Å². The van der Waals surface area contributed by atoms with Crippen LogP contribution in [0.3, 0.4) is 0 Å². The quantitative estimate of drug-likeness (QED) is 0.391. The minimum absolute atomic E-state index is 0.580. The molecule has 0 aliphatic heterocycles. The van der Waals surface area contributed by atoms with Crippen LogP contribution in [0, 0.1) is 17.8 Å². The highest BCUT2D eigenvalue weighted by molar-refractivity contribution is 5.24. The summed E-state index contributed by atoms with van der Waals surface area (Å²) < 4.78 is 0. The Labute approximate surface area is 121 Å². The summed E-state index contributed by atoms with van der Waals surface area (Å²) in [6, 6.07) is 0. The van der Waals surface area contributed by atoms with E-state index in [1.54, 1.807) is 0 Å². The molecule has 0 nitrogen and oxygen atoms in total. The number of allylic oxidation sites excluding steroid dienone is 4. The molecular weight excluding hydrogens is 228 g/mol. The molecule has 19 heavy (non-hydrogen) atoms. The first kappa shape index (κ1) is 18.2. The molecule has 110 valence electrons. The van der Waals surface area contributed by atoms with E-state index in [9.17, 15) is 0 Å². The Morgan fingerprint density at radius 1 is 0.947 bits per heavy atom. The van der Waals surface area contributed by atoms with Gasteiger partial charge in [0.1, 0.15) is 0 Å². The zero-order chi connectivity index (χ0) is 14.8. The van der Waals surface area contributed by atoms with Gasteiger partial charge in [-0.05, 0) is 37.5 Å². The van der Waals surface area contributed by atoms with E-state index in [4.69, 9.17) is 0 Å². The summed E-state index contributed by atoms with van der Waals surface area (Å²) in [6.07, 6.45) is 10.8. The van der Waals surface area contributed by atoms with E-state index in [1.165, 1.54) is 37.7 Å². The van der Waals surface area contributed by atoms with Crippen LogP contribution in [0.15, 0.2) is 36.5 Å². The van der Waals surface area contributed by atoms with Gasteiger partial charge in [-0.25, -0.2) is 0 Å². The summed E-state index contributed by atoms with van der Waals surface area (Å²) in [5.41, 5.74) is 2.33. The first-order valence-electron chi connectivity index (χ1n) is 7.90. The Morgan fingerprint density at radius 2 is 1.53 bits per heavy atom.